The van der Waals surface area contributed by atoms with Gasteiger partial charge in [-0.05, 0) is 44.7 Å². The fourth-order valence-corrected chi connectivity index (χ4v) is 3.03. The predicted molar refractivity (Wildman–Crippen MR) is 86.6 cm³/mol. The van der Waals surface area contributed by atoms with Gasteiger partial charge in [0.1, 0.15) is 5.69 Å². The molecule has 1 N–H and O–H groups in total. The Morgan fingerprint density at radius 1 is 1.30 bits per heavy atom. The second-order valence-corrected chi connectivity index (χ2v) is 6.00. The summed E-state index contributed by atoms with van der Waals surface area (Å²) in [5, 5.41) is 3.10. The second kappa shape index (κ2) is 6.91. The molecule has 0 bridgehead atoms. The number of rotatable bonds is 4. The average molecular weight is 314 g/mol. The van der Waals surface area contributed by atoms with Crippen LogP contribution in [0.25, 0.3) is 5.69 Å². The van der Waals surface area contributed by atoms with Crippen molar-refractivity contribution in [3.05, 3.63) is 42.2 Å². The maximum Gasteiger partial charge on any atom is 0.270 e. The molecule has 1 aliphatic rings. The summed E-state index contributed by atoms with van der Waals surface area (Å²) in [5.74, 6) is -0.115. The van der Waals surface area contributed by atoms with Gasteiger partial charge in [-0.1, -0.05) is 0 Å². The Labute approximate surface area is 135 Å². The van der Waals surface area contributed by atoms with E-state index < -0.39 is 0 Å². The highest BCUT2D eigenvalue weighted by molar-refractivity contribution is 5.93. The largest absolute Gasteiger partial charge is 0.381 e. The number of methoxy groups -OCH3 is 1. The first-order valence-electron chi connectivity index (χ1n) is 7.96. The van der Waals surface area contributed by atoms with Gasteiger partial charge in [-0.3, -0.25) is 4.79 Å². The molecule has 0 aromatic carbocycles. The zero-order valence-electron chi connectivity index (χ0n) is 13.5. The Kier molecular flexibility index (Phi) is 4.71. The fourth-order valence-electron chi connectivity index (χ4n) is 3.03. The van der Waals surface area contributed by atoms with Crippen molar-refractivity contribution in [1.29, 1.82) is 0 Å². The summed E-state index contributed by atoms with van der Waals surface area (Å²) in [6.45, 7) is 1.89. The molecule has 2 aromatic heterocycles. The van der Waals surface area contributed by atoms with Crippen LogP contribution in [0.1, 0.15) is 41.9 Å². The molecule has 6 heteroatoms. The van der Waals surface area contributed by atoms with Crippen LogP contribution in [0.3, 0.4) is 0 Å². The highest BCUT2D eigenvalue weighted by atomic mass is 16.5. The van der Waals surface area contributed by atoms with Crippen molar-refractivity contribution in [3.8, 4) is 5.69 Å². The lowest BCUT2D eigenvalue weighted by Gasteiger charge is -2.28. The summed E-state index contributed by atoms with van der Waals surface area (Å²) in [6, 6.07) is 3.93. The molecule has 1 amide bonds. The van der Waals surface area contributed by atoms with E-state index in [1.807, 2.05) is 23.8 Å². The van der Waals surface area contributed by atoms with E-state index in [-0.39, 0.29) is 11.9 Å². The average Bonchev–Trinajstić information content (AvgIpc) is 3.09. The summed E-state index contributed by atoms with van der Waals surface area (Å²) >= 11 is 0. The molecule has 1 aliphatic carbocycles. The fraction of sp³-hybridized carbons (Fsp3) is 0.471. The molecule has 0 saturated heterocycles. The molecule has 2 heterocycles. The molecule has 0 atom stereocenters. The molecule has 1 fully saturated rings. The number of carbonyl (C=O) groups is 1. The lowest BCUT2D eigenvalue weighted by molar-refractivity contribution is 0.0598. The van der Waals surface area contributed by atoms with Crippen molar-refractivity contribution in [2.45, 2.75) is 44.8 Å². The van der Waals surface area contributed by atoms with Gasteiger partial charge in [0.05, 0.1) is 18.1 Å². The number of hydrogen-bond donors (Lipinski definition) is 1. The number of aromatic nitrogens is 3. The van der Waals surface area contributed by atoms with Crippen molar-refractivity contribution in [3.63, 3.8) is 0 Å². The van der Waals surface area contributed by atoms with E-state index in [0.717, 1.165) is 37.1 Å². The van der Waals surface area contributed by atoms with Gasteiger partial charge >= 0.3 is 0 Å². The van der Waals surface area contributed by atoms with Gasteiger partial charge in [-0.25, -0.2) is 9.97 Å². The van der Waals surface area contributed by atoms with Crippen LogP contribution in [0.15, 0.2) is 30.9 Å². The van der Waals surface area contributed by atoms with Gasteiger partial charge in [-0.2, -0.15) is 0 Å². The number of aryl methyl sites for hydroxylation is 1. The molecule has 6 nitrogen and oxygen atoms in total. The lowest BCUT2D eigenvalue weighted by Crippen LogP contribution is -2.39. The number of pyridine rings is 1. The van der Waals surface area contributed by atoms with E-state index >= 15 is 0 Å². The summed E-state index contributed by atoms with van der Waals surface area (Å²) in [6.07, 6.45) is 9.48. The Morgan fingerprint density at radius 2 is 2.09 bits per heavy atom. The van der Waals surface area contributed by atoms with Crippen LogP contribution in [0.2, 0.25) is 0 Å². The third-order valence-electron chi connectivity index (χ3n) is 4.32. The van der Waals surface area contributed by atoms with Crippen molar-refractivity contribution in [2.24, 2.45) is 0 Å². The summed E-state index contributed by atoms with van der Waals surface area (Å²) < 4.78 is 7.24. The molecule has 3 rings (SSSR count). The van der Waals surface area contributed by atoms with Crippen LogP contribution in [0.4, 0.5) is 0 Å². The summed E-state index contributed by atoms with van der Waals surface area (Å²) in [4.78, 5) is 20.9. The highest BCUT2D eigenvalue weighted by Crippen LogP contribution is 2.21. The monoisotopic (exact) mass is 314 g/mol. The zero-order chi connectivity index (χ0) is 16.2. The molecular weight excluding hydrogens is 292 g/mol. The Bertz CT molecular complexity index is 661. The lowest BCUT2D eigenvalue weighted by atomic mass is 9.93. The van der Waals surface area contributed by atoms with E-state index in [1.165, 1.54) is 0 Å². The summed E-state index contributed by atoms with van der Waals surface area (Å²) in [7, 11) is 1.75. The number of nitrogens with one attached hydrogen (secondary N) is 1. The molecule has 23 heavy (non-hydrogen) atoms. The number of imidazole rings is 1. The molecule has 2 aromatic rings. The van der Waals surface area contributed by atoms with Gasteiger partial charge in [0.25, 0.3) is 5.91 Å². The van der Waals surface area contributed by atoms with Crippen molar-refractivity contribution in [2.75, 3.05) is 7.11 Å². The van der Waals surface area contributed by atoms with E-state index in [1.54, 1.807) is 25.7 Å². The SMILES string of the molecule is COC1CCC(NC(=O)c2cc(-n3ccnc3)cc(C)n2)CC1. The maximum atomic E-state index is 12.5. The van der Waals surface area contributed by atoms with Crippen LogP contribution in [-0.4, -0.2) is 39.7 Å². The highest BCUT2D eigenvalue weighted by Gasteiger charge is 2.23. The van der Waals surface area contributed by atoms with Gasteiger partial charge in [0, 0.05) is 31.2 Å². The summed E-state index contributed by atoms with van der Waals surface area (Å²) in [5.41, 5.74) is 2.15. The smallest absolute Gasteiger partial charge is 0.270 e. The Hall–Kier alpha value is -2.21. The van der Waals surface area contributed by atoms with Gasteiger partial charge in [0.2, 0.25) is 0 Å². The van der Waals surface area contributed by atoms with Crippen LogP contribution in [0, 0.1) is 6.92 Å². The topological polar surface area (TPSA) is 69.0 Å². The van der Waals surface area contributed by atoms with Crippen LogP contribution >= 0.6 is 0 Å². The Morgan fingerprint density at radius 3 is 2.74 bits per heavy atom. The third kappa shape index (κ3) is 3.76. The van der Waals surface area contributed by atoms with Crippen molar-refractivity contribution in [1.82, 2.24) is 19.9 Å². The molecule has 0 spiro atoms. The first-order valence-corrected chi connectivity index (χ1v) is 7.96. The minimum atomic E-state index is -0.115. The number of carbonyl (C=O) groups excluding carboxylic acids is 1. The van der Waals surface area contributed by atoms with Gasteiger partial charge in [-0.15, -0.1) is 0 Å². The van der Waals surface area contributed by atoms with Crippen molar-refractivity contribution < 1.29 is 9.53 Å². The molecule has 0 aliphatic heterocycles. The second-order valence-electron chi connectivity index (χ2n) is 6.00. The minimum absolute atomic E-state index is 0.115. The van der Waals surface area contributed by atoms with Crippen LogP contribution < -0.4 is 5.32 Å². The first-order chi connectivity index (χ1) is 11.2. The van der Waals surface area contributed by atoms with Gasteiger partial charge < -0.3 is 14.6 Å². The van der Waals surface area contributed by atoms with E-state index in [2.05, 4.69) is 15.3 Å². The number of nitrogens with zero attached hydrogens (tertiary/aromatic N) is 3. The Balaban J connectivity index is 1.70. The van der Waals surface area contributed by atoms with E-state index in [0.29, 0.717) is 11.8 Å². The van der Waals surface area contributed by atoms with E-state index in [4.69, 9.17) is 4.74 Å². The standard InChI is InChI=1S/C17H22N4O2/c1-12-9-14(21-8-7-18-11-21)10-16(19-12)17(22)20-13-3-5-15(23-2)6-4-13/h7-11,13,15H,3-6H2,1-2H3,(H,20,22). The molecule has 0 unspecified atom stereocenters. The normalized spacial score (nSPS) is 21.1. The quantitative estimate of drug-likeness (QED) is 0.940. The zero-order valence-corrected chi connectivity index (χ0v) is 13.5. The third-order valence-corrected chi connectivity index (χ3v) is 4.32. The van der Waals surface area contributed by atoms with Gasteiger partial charge in [0.15, 0.2) is 0 Å². The number of ether oxygens (including phenoxy) is 1. The van der Waals surface area contributed by atoms with Crippen molar-refractivity contribution >= 4 is 5.91 Å². The predicted octanol–water partition coefficient (Wildman–Crippen LogP) is 2.26. The molecule has 1 saturated carbocycles. The molecule has 0 radical (unpaired) electrons. The van der Waals surface area contributed by atoms with Crippen LogP contribution in [-0.2, 0) is 4.74 Å². The first kappa shape index (κ1) is 15.7. The number of hydrogen-bond acceptors (Lipinski definition) is 4. The number of amides is 1. The van der Waals surface area contributed by atoms with Crippen LogP contribution in [0.5, 0.6) is 0 Å². The molecule has 122 valence electrons. The maximum absolute atomic E-state index is 12.5. The molecular formula is C17H22N4O2. The van der Waals surface area contributed by atoms with E-state index in [9.17, 15) is 4.79 Å². The minimum Gasteiger partial charge on any atom is -0.381 e.